The van der Waals surface area contributed by atoms with E-state index in [4.69, 9.17) is 9.15 Å². The topological polar surface area (TPSA) is 63.5 Å². The normalized spacial score (nSPS) is 18.0. The van der Waals surface area contributed by atoms with Crippen LogP contribution in [-0.4, -0.2) is 32.0 Å². The largest absolute Gasteiger partial charge is 0.493 e. The number of benzene rings is 1. The highest BCUT2D eigenvalue weighted by Crippen LogP contribution is 2.32. The van der Waals surface area contributed by atoms with Gasteiger partial charge in [-0.05, 0) is 43.6 Å². The fourth-order valence-corrected chi connectivity index (χ4v) is 2.93. The number of fused-ring (bicyclic) bond motifs is 1. The molecule has 22 heavy (non-hydrogen) atoms. The van der Waals surface area contributed by atoms with Gasteiger partial charge in [-0.3, -0.25) is 4.79 Å². The van der Waals surface area contributed by atoms with Gasteiger partial charge in [0, 0.05) is 11.9 Å². The van der Waals surface area contributed by atoms with Crippen LogP contribution in [0.25, 0.3) is 11.0 Å². The molecule has 5 heteroatoms. The lowest BCUT2D eigenvalue weighted by atomic mass is 10.1. The van der Waals surface area contributed by atoms with Gasteiger partial charge in [-0.15, -0.1) is 0 Å². The van der Waals surface area contributed by atoms with Gasteiger partial charge in [-0.25, -0.2) is 0 Å². The maximum Gasteiger partial charge on any atom is 0.214 e. The van der Waals surface area contributed by atoms with Crippen molar-refractivity contribution in [3.8, 4) is 5.75 Å². The molecule has 1 aliphatic heterocycles. The molecule has 5 nitrogen and oxygen atoms in total. The summed E-state index contributed by atoms with van der Waals surface area (Å²) in [6.07, 6.45) is 1.91. The number of hydrogen-bond donors (Lipinski definition) is 2. The van der Waals surface area contributed by atoms with Crippen LogP contribution in [0.4, 0.5) is 0 Å². The van der Waals surface area contributed by atoms with Gasteiger partial charge in [0.1, 0.15) is 0 Å². The first kappa shape index (κ1) is 15.1. The molecule has 0 amide bonds. The molecule has 1 aromatic carbocycles. The fourth-order valence-electron chi connectivity index (χ4n) is 2.93. The molecule has 3 rings (SSSR count). The fraction of sp³-hybridized carbons (Fsp3) is 0.471. The predicted octanol–water partition coefficient (Wildman–Crippen LogP) is 2.49. The summed E-state index contributed by atoms with van der Waals surface area (Å²) in [6.45, 7) is 4.59. The van der Waals surface area contributed by atoms with Crippen molar-refractivity contribution < 1.29 is 13.9 Å². The molecule has 0 aliphatic carbocycles. The van der Waals surface area contributed by atoms with Crippen LogP contribution in [0.3, 0.4) is 0 Å². The van der Waals surface area contributed by atoms with E-state index in [0.29, 0.717) is 17.1 Å². The highest BCUT2D eigenvalue weighted by atomic mass is 16.5. The molecule has 1 fully saturated rings. The van der Waals surface area contributed by atoms with Crippen molar-refractivity contribution in [3.63, 3.8) is 0 Å². The number of carbonyl (C=O) groups excluding carboxylic acids is 1. The maximum absolute atomic E-state index is 12.5. The van der Waals surface area contributed by atoms with Crippen LogP contribution in [0.5, 0.6) is 5.75 Å². The highest BCUT2D eigenvalue weighted by molar-refractivity contribution is 6.02. The molecule has 0 bridgehead atoms. The van der Waals surface area contributed by atoms with Crippen LogP contribution in [0.15, 0.2) is 22.6 Å². The van der Waals surface area contributed by atoms with Crippen LogP contribution in [-0.2, 0) is 6.54 Å². The van der Waals surface area contributed by atoms with E-state index in [1.54, 1.807) is 7.11 Å². The highest BCUT2D eigenvalue weighted by Gasteiger charge is 2.27. The number of carbonyl (C=O) groups is 1. The summed E-state index contributed by atoms with van der Waals surface area (Å²) in [6, 6.07) is 5.64. The molecule has 0 radical (unpaired) electrons. The second kappa shape index (κ2) is 6.50. The average molecular weight is 302 g/mol. The standard InChI is InChI=1S/C17H22N2O3/c1-3-18-10-11-6-7-14(21-2)17-12(11)9-15(22-17)16(20)13-5-4-8-19-13/h6-7,9,13,18-19H,3-5,8,10H2,1-2H3. The number of furan rings is 1. The number of ketones is 1. The summed E-state index contributed by atoms with van der Waals surface area (Å²) in [4.78, 5) is 12.5. The number of methoxy groups -OCH3 is 1. The summed E-state index contributed by atoms with van der Waals surface area (Å²) < 4.78 is 11.2. The van der Waals surface area contributed by atoms with Gasteiger partial charge >= 0.3 is 0 Å². The zero-order valence-electron chi connectivity index (χ0n) is 13.1. The Morgan fingerprint density at radius 2 is 2.36 bits per heavy atom. The Labute approximate surface area is 130 Å². The molecule has 1 saturated heterocycles. The lowest BCUT2D eigenvalue weighted by molar-refractivity contribution is 0.0927. The zero-order valence-corrected chi connectivity index (χ0v) is 13.1. The quantitative estimate of drug-likeness (QED) is 0.803. The minimum atomic E-state index is -0.122. The van der Waals surface area contributed by atoms with Crippen molar-refractivity contribution in [2.45, 2.75) is 32.4 Å². The molecule has 1 unspecified atom stereocenters. The molecular formula is C17H22N2O3. The molecular weight excluding hydrogens is 280 g/mol. The Bertz CT molecular complexity index is 672. The van der Waals surface area contributed by atoms with Gasteiger partial charge < -0.3 is 19.8 Å². The summed E-state index contributed by atoms with van der Waals surface area (Å²) >= 11 is 0. The molecule has 2 aromatic rings. The van der Waals surface area contributed by atoms with Gasteiger partial charge in [-0.1, -0.05) is 13.0 Å². The summed E-state index contributed by atoms with van der Waals surface area (Å²) in [5.74, 6) is 1.11. The third-order valence-corrected chi connectivity index (χ3v) is 4.14. The molecule has 1 aromatic heterocycles. The third-order valence-electron chi connectivity index (χ3n) is 4.14. The second-order valence-electron chi connectivity index (χ2n) is 5.57. The van der Waals surface area contributed by atoms with E-state index in [1.807, 2.05) is 18.2 Å². The van der Waals surface area contributed by atoms with Crippen LogP contribution in [0.1, 0.15) is 35.9 Å². The minimum Gasteiger partial charge on any atom is -0.493 e. The summed E-state index contributed by atoms with van der Waals surface area (Å²) in [5.41, 5.74) is 1.76. The van der Waals surface area contributed by atoms with E-state index in [9.17, 15) is 4.79 Å². The zero-order chi connectivity index (χ0) is 15.5. The smallest absolute Gasteiger partial charge is 0.214 e. The van der Waals surface area contributed by atoms with Crippen LogP contribution >= 0.6 is 0 Å². The Morgan fingerprint density at radius 1 is 1.50 bits per heavy atom. The van der Waals surface area contributed by atoms with Crippen molar-refractivity contribution in [1.29, 1.82) is 0 Å². The van der Waals surface area contributed by atoms with Crippen molar-refractivity contribution in [2.75, 3.05) is 20.2 Å². The minimum absolute atomic E-state index is 0.0325. The Hall–Kier alpha value is -1.85. The van der Waals surface area contributed by atoms with E-state index in [1.165, 1.54) is 0 Å². The molecule has 2 heterocycles. The number of hydrogen-bond acceptors (Lipinski definition) is 5. The van der Waals surface area contributed by atoms with Crippen LogP contribution in [0, 0.1) is 0 Å². The molecule has 2 N–H and O–H groups in total. The lowest BCUT2D eigenvalue weighted by Gasteiger charge is -2.06. The van der Waals surface area contributed by atoms with E-state index >= 15 is 0 Å². The number of nitrogens with one attached hydrogen (secondary N) is 2. The lowest BCUT2D eigenvalue weighted by Crippen LogP contribution is -2.30. The average Bonchev–Trinajstić information content (AvgIpc) is 3.21. The third kappa shape index (κ3) is 2.74. The first-order valence-electron chi connectivity index (χ1n) is 7.82. The monoisotopic (exact) mass is 302 g/mol. The van der Waals surface area contributed by atoms with Gasteiger partial charge in [0.2, 0.25) is 5.78 Å². The summed E-state index contributed by atoms with van der Waals surface area (Å²) in [5, 5.41) is 7.48. The summed E-state index contributed by atoms with van der Waals surface area (Å²) in [7, 11) is 1.61. The van der Waals surface area contributed by atoms with E-state index in [0.717, 1.165) is 43.4 Å². The van der Waals surface area contributed by atoms with E-state index in [2.05, 4.69) is 17.6 Å². The van der Waals surface area contributed by atoms with Gasteiger partial charge in [0.05, 0.1) is 13.2 Å². The van der Waals surface area contributed by atoms with Crippen molar-refractivity contribution in [1.82, 2.24) is 10.6 Å². The Kier molecular flexibility index (Phi) is 4.45. The van der Waals surface area contributed by atoms with Gasteiger partial charge in [0.25, 0.3) is 0 Å². The molecule has 0 saturated carbocycles. The van der Waals surface area contributed by atoms with E-state index in [-0.39, 0.29) is 11.8 Å². The molecule has 1 atom stereocenters. The van der Waals surface area contributed by atoms with Crippen LogP contribution < -0.4 is 15.4 Å². The Morgan fingerprint density at radius 3 is 3.05 bits per heavy atom. The SMILES string of the molecule is CCNCc1ccc(OC)c2oc(C(=O)C3CCCN3)cc12. The first-order valence-corrected chi connectivity index (χ1v) is 7.82. The van der Waals surface area contributed by atoms with Gasteiger partial charge in [-0.2, -0.15) is 0 Å². The van der Waals surface area contributed by atoms with Crippen molar-refractivity contribution in [2.24, 2.45) is 0 Å². The van der Waals surface area contributed by atoms with Crippen LogP contribution in [0.2, 0.25) is 0 Å². The number of Topliss-reactive ketones (excluding diaryl/α,β-unsaturated/α-hetero) is 1. The van der Waals surface area contributed by atoms with Crippen molar-refractivity contribution >= 4 is 16.8 Å². The van der Waals surface area contributed by atoms with Crippen molar-refractivity contribution in [3.05, 3.63) is 29.5 Å². The first-order chi connectivity index (χ1) is 10.7. The van der Waals surface area contributed by atoms with E-state index < -0.39 is 0 Å². The molecule has 118 valence electrons. The predicted molar refractivity (Wildman–Crippen MR) is 85.5 cm³/mol. The number of rotatable bonds is 6. The maximum atomic E-state index is 12.5. The Balaban J connectivity index is 2.00. The second-order valence-corrected chi connectivity index (χ2v) is 5.57. The molecule has 0 spiro atoms. The molecule has 1 aliphatic rings. The number of ether oxygens (including phenoxy) is 1. The van der Waals surface area contributed by atoms with Gasteiger partial charge in [0.15, 0.2) is 17.1 Å².